The molecule has 0 aromatic carbocycles. The van der Waals surface area contributed by atoms with Crippen LogP contribution in [0.15, 0.2) is 0 Å². The zero-order valence-electron chi connectivity index (χ0n) is 12.8. The van der Waals surface area contributed by atoms with Gasteiger partial charge in [-0.2, -0.15) is 0 Å². The molecule has 0 spiro atoms. The normalized spacial score (nSPS) is 38.1. The van der Waals surface area contributed by atoms with Gasteiger partial charge in [0.1, 0.15) is 6.10 Å². The summed E-state index contributed by atoms with van der Waals surface area (Å²) >= 11 is 1.46. The van der Waals surface area contributed by atoms with Crippen LogP contribution in [0.3, 0.4) is 0 Å². The van der Waals surface area contributed by atoms with E-state index < -0.39 is 5.44 Å². The van der Waals surface area contributed by atoms with Gasteiger partial charge in [0.05, 0.1) is 0 Å². The van der Waals surface area contributed by atoms with E-state index in [4.69, 9.17) is 14.2 Å². The summed E-state index contributed by atoms with van der Waals surface area (Å²) < 4.78 is 16.4. The average molecular weight is 302 g/mol. The largest absolute Gasteiger partial charge is 0.459 e. The summed E-state index contributed by atoms with van der Waals surface area (Å²) in [5.74, 6) is 2.10. The van der Waals surface area contributed by atoms with E-state index in [0.717, 1.165) is 12.8 Å². The molecule has 0 N–H and O–H groups in total. The Bertz CT molecular complexity index is 334. The van der Waals surface area contributed by atoms with Gasteiger partial charge in [0.2, 0.25) is 5.44 Å². The quantitative estimate of drug-likeness (QED) is 0.747. The Morgan fingerprint density at radius 2 is 2.10 bits per heavy atom. The first kappa shape index (κ1) is 16.1. The van der Waals surface area contributed by atoms with Crippen molar-refractivity contribution in [1.29, 1.82) is 0 Å². The third-order valence-corrected chi connectivity index (χ3v) is 5.41. The summed E-state index contributed by atoms with van der Waals surface area (Å²) in [7, 11) is 1.59. The minimum absolute atomic E-state index is 0.0389. The van der Waals surface area contributed by atoms with Crippen LogP contribution in [0.2, 0.25) is 0 Å². The van der Waals surface area contributed by atoms with Crippen molar-refractivity contribution in [3.05, 3.63) is 0 Å². The van der Waals surface area contributed by atoms with Crippen LogP contribution in [0.1, 0.15) is 40.0 Å². The minimum atomic E-state index is -0.523. The van der Waals surface area contributed by atoms with E-state index in [9.17, 15) is 4.79 Å². The second-order valence-electron chi connectivity index (χ2n) is 6.27. The Kier molecular flexibility index (Phi) is 5.75. The van der Waals surface area contributed by atoms with Crippen molar-refractivity contribution in [2.45, 2.75) is 57.9 Å². The van der Waals surface area contributed by atoms with Crippen molar-refractivity contribution in [3.8, 4) is 0 Å². The van der Waals surface area contributed by atoms with E-state index in [1.807, 2.05) is 0 Å². The predicted octanol–water partition coefficient (Wildman–Crippen LogP) is 3.05. The Balaban J connectivity index is 1.91. The summed E-state index contributed by atoms with van der Waals surface area (Å²) in [5, 5.41) is 0. The molecule has 5 atom stereocenters. The van der Waals surface area contributed by atoms with Crippen molar-refractivity contribution in [2.75, 3.05) is 12.9 Å². The van der Waals surface area contributed by atoms with Crippen LogP contribution in [0.4, 0.5) is 0 Å². The zero-order chi connectivity index (χ0) is 14.7. The Morgan fingerprint density at radius 3 is 2.70 bits per heavy atom. The van der Waals surface area contributed by atoms with Gasteiger partial charge in [-0.1, -0.05) is 27.2 Å². The lowest BCUT2D eigenvalue weighted by Gasteiger charge is -2.37. The fraction of sp³-hybridized carbons (Fsp3) is 0.933. The number of carbonyl (C=O) groups is 1. The van der Waals surface area contributed by atoms with Crippen molar-refractivity contribution in [1.82, 2.24) is 0 Å². The maximum absolute atomic E-state index is 12.2. The molecule has 0 radical (unpaired) electrons. The summed E-state index contributed by atoms with van der Waals surface area (Å²) in [4.78, 5) is 12.2. The van der Waals surface area contributed by atoms with Gasteiger partial charge in [-0.15, -0.1) is 11.8 Å². The highest BCUT2D eigenvalue weighted by atomic mass is 32.2. The molecule has 1 heterocycles. The van der Waals surface area contributed by atoms with E-state index in [2.05, 4.69) is 20.8 Å². The predicted molar refractivity (Wildman–Crippen MR) is 79.4 cm³/mol. The van der Waals surface area contributed by atoms with Crippen molar-refractivity contribution >= 4 is 17.7 Å². The molecule has 0 amide bonds. The number of methoxy groups -OCH3 is 1. The lowest BCUT2D eigenvalue weighted by molar-refractivity contribution is -0.174. The van der Waals surface area contributed by atoms with Gasteiger partial charge in [-0.25, -0.2) is 4.79 Å². The average Bonchev–Trinajstić information content (AvgIpc) is 2.87. The summed E-state index contributed by atoms with van der Waals surface area (Å²) in [6.45, 7) is 6.66. The summed E-state index contributed by atoms with van der Waals surface area (Å²) in [6.07, 6.45) is 3.11. The van der Waals surface area contributed by atoms with Gasteiger partial charge in [0, 0.05) is 12.9 Å². The highest BCUT2D eigenvalue weighted by molar-refractivity contribution is 8.00. The van der Waals surface area contributed by atoms with Crippen LogP contribution in [0.25, 0.3) is 0 Å². The molecule has 1 saturated carbocycles. The first-order chi connectivity index (χ1) is 9.51. The first-order valence-electron chi connectivity index (χ1n) is 7.51. The molecule has 4 nitrogen and oxygen atoms in total. The summed E-state index contributed by atoms with van der Waals surface area (Å²) in [6, 6.07) is 0. The van der Waals surface area contributed by atoms with E-state index in [1.165, 1.54) is 18.2 Å². The molecule has 1 unspecified atom stereocenters. The Morgan fingerprint density at radius 1 is 1.35 bits per heavy atom. The third-order valence-electron chi connectivity index (χ3n) is 4.34. The smallest absolute Gasteiger partial charge is 0.346 e. The molecule has 1 aliphatic carbocycles. The van der Waals surface area contributed by atoms with E-state index >= 15 is 0 Å². The number of thioether (sulfide) groups is 1. The maximum atomic E-state index is 12.2. The van der Waals surface area contributed by atoms with Crippen LogP contribution in [0.5, 0.6) is 0 Å². The molecule has 0 aromatic rings. The van der Waals surface area contributed by atoms with Gasteiger partial charge >= 0.3 is 5.97 Å². The lowest BCUT2D eigenvalue weighted by Crippen LogP contribution is -2.38. The number of hydrogen-bond donors (Lipinski definition) is 0. The number of esters is 1. The van der Waals surface area contributed by atoms with Gasteiger partial charge in [0.25, 0.3) is 0 Å². The monoisotopic (exact) mass is 302 g/mol. The molecular formula is C15H26O4S. The molecule has 20 heavy (non-hydrogen) atoms. The molecule has 116 valence electrons. The highest BCUT2D eigenvalue weighted by Gasteiger charge is 2.38. The number of carbonyl (C=O) groups excluding carboxylic acids is 1. The first-order valence-corrected chi connectivity index (χ1v) is 8.56. The van der Waals surface area contributed by atoms with Gasteiger partial charge < -0.3 is 14.2 Å². The topological polar surface area (TPSA) is 44.8 Å². The van der Waals surface area contributed by atoms with Crippen molar-refractivity contribution in [3.63, 3.8) is 0 Å². The molecular weight excluding hydrogens is 276 g/mol. The Labute approximate surface area is 125 Å². The van der Waals surface area contributed by atoms with Crippen molar-refractivity contribution < 1.29 is 19.0 Å². The molecule has 0 aromatic heterocycles. The molecule has 2 rings (SSSR count). The SMILES string of the molecule is CO[C@H]1CSC(C(=O)O[C@@H]2C[C@H](C)CC[C@H]2C(C)C)O1. The lowest BCUT2D eigenvalue weighted by atomic mass is 9.75. The fourth-order valence-electron chi connectivity index (χ4n) is 3.08. The number of ether oxygens (including phenoxy) is 3. The zero-order valence-corrected chi connectivity index (χ0v) is 13.7. The fourth-order valence-corrected chi connectivity index (χ4v) is 4.03. The second-order valence-corrected chi connectivity index (χ2v) is 7.36. The molecule has 2 fully saturated rings. The van der Waals surface area contributed by atoms with E-state index in [1.54, 1.807) is 7.11 Å². The van der Waals surface area contributed by atoms with Crippen LogP contribution in [-0.4, -0.2) is 36.7 Å². The molecule has 5 heteroatoms. The van der Waals surface area contributed by atoms with Crippen LogP contribution >= 0.6 is 11.8 Å². The van der Waals surface area contributed by atoms with Gasteiger partial charge in [0.15, 0.2) is 6.29 Å². The molecule has 1 aliphatic heterocycles. The van der Waals surface area contributed by atoms with E-state index in [0.29, 0.717) is 23.5 Å². The molecule has 1 saturated heterocycles. The maximum Gasteiger partial charge on any atom is 0.346 e. The highest BCUT2D eigenvalue weighted by Crippen LogP contribution is 2.36. The molecule has 2 aliphatic rings. The molecule has 0 bridgehead atoms. The third kappa shape index (κ3) is 3.89. The van der Waals surface area contributed by atoms with Crippen LogP contribution in [0, 0.1) is 17.8 Å². The second kappa shape index (κ2) is 7.14. The van der Waals surface area contributed by atoms with E-state index in [-0.39, 0.29) is 18.4 Å². The minimum Gasteiger partial charge on any atom is -0.459 e. The standard InChI is InChI=1S/C15H26O4S/c1-9(2)11-6-5-10(3)7-12(11)18-14(16)15-19-13(17-4)8-20-15/h9-13,15H,5-8H2,1-4H3/t10-,11+,12-,13-,15?/m1/s1. The number of hydrogen-bond acceptors (Lipinski definition) is 5. The van der Waals surface area contributed by atoms with Gasteiger partial charge in [-0.3, -0.25) is 0 Å². The summed E-state index contributed by atoms with van der Waals surface area (Å²) in [5.41, 5.74) is -0.523. The van der Waals surface area contributed by atoms with Crippen LogP contribution < -0.4 is 0 Å². The van der Waals surface area contributed by atoms with Crippen LogP contribution in [-0.2, 0) is 19.0 Å². The van der Waals surface area contributed by atoms with Crippen molar-refractivity contribution in [2.24, 2.45) is 17.8 Å². The number of rotatable bonds is 4. The van der Waals surface area contributed by atoms with Gasteiger partial charge in [-0.05, 0) is 30.6 Å². The Hall–Kier alpha value is -0.260.